The van der Waals surface area contributed by atoms with Gasteiger partial charge in [0.1, 0.15) is 0 Å². The first-order valence-electron chi connectivity index (χ1n) is 14.3. The molecule has 0 saturated heterocycles. The van der Waals surface area contributed by atoms with Gasteiger partial charge in [-0.2, -0.15) is 0 Å². The molecule has 0 aliphatic heterocycles. The normalized spacial score (nSPS) is 14.7. The third-order valence-electron chi connectivity index (χ3n) is 7.96. The second-order valence-electron chi connectivity index (χ2n) is 14.1. The number of hydrogen-bond donors (Lipinski definition) is 1. The monoisotopic (exact) mass is 516 g/mol. The highest BCUT2D eigenvalue weighted by Gasteiger charge is 2.30. The summed E-state index contributed by atoms with van der Waals surface area (Å²) < 4.78 is 0. The smallest absolute Gasteiger partial charge is 0.0482 e. The maximum Gasteiger partial charge on any atom is 0.0482 e. The molecule has 1 N–H and O–H groups in total. The molecule has 0 heterocycles. The molecule has 202 valence electrons. The number of nitrogens with zero attached hydrogens (tertiary/aromatic N) is 1. The average Bonchev–Trinajstić information content (AvgIpc) is 3.19. The van der Waals surface area contributed by atoms with Crippen molar-refractivity contribution in [3.05, 3.63) is 113 Å². The van der Waals surface area contributed by atoms with Crippen LogP contribution in [0.25, 0.3) is 0 Å². The van der Waals surface area contributed by atoms with Gasteiger partial charge in [-0.15, -0.1) is 0 Å². The van der Waals surface area contributed by atoms with E-state index >= 15 is 0 Å². The average molecular weight is 517 g/mol. The molecule has 2 heteroatoms. The van der Waals surface area contributed by atoms with Crippen LogP contribution in [-0.2, 0) is 23.7 Å². The minimum atomic E-state index is 0.117. The van der Waals surface area contributed by atoms with E-state index in [0.717, 1.165) is 35.6 Å². The lowest BCUT2D eigenvalue weighted by molar-refractivity contribution is 0.393. The SMILES string of the molecule is CC1(C)Cc2cccc(Nc3cccc(N(c4ccc(C(C)(C)C)cc4)c4ccc(C(C)(C)C)cc4)c3)c2C1. The lowest BCUT2D eigenvalue weighted by Gasteiger charge is -2.28. The summed E-state index contributed by atoms with van der Waals surface area (Å²) in [6.45, 7) is 18.3. The van der Waals surface area contributed by atoms with E-state index in [1.165, 1.54) is 27.9 Å². The van der Waals surface area contributed by atoms with E-state index in [1.807, 2.05) is 0 Å². The van der Waals surface area contributed by atoms with E-state index in [2.05, 4.69) is 157 Å². The molecular weight excluding hydrogens is 472 g/mol. The van der Waals surface area contributed by atoms with Crippen molar-refractivity contribution in [1.29, 1.82) is 0 Å². The Morgan fingerprint density at radius 1 is 0.615 bits per heavy atom. The Labute approximate surface area is 236 Å². The number of hydrogen-bond acceptors (Lipinski definition) is 2. The largest absolute Gasteiger partial charge is 0.355 e. The molecule has 0 bridgehead atoms. The molecule has 39 heavy (non-hydrogen) atoms. The molecule has 4 aromatic rings. The van der Waals surface area contributed by atoms with Gasteiger partial charge in [0.05, 0.1) is 0 Å². The summed E-state index contributed by atoms with van der Waals surface area (Å²) in [6, 6.07) is 33.6. The molecule has 0 unspecified atom stereocenters. The molecule has 0 aromatic heterocycles. The van der Waals surface area contributed by atoms with Gasteiger partial charge in [-0.25, -0.2) is 0 Å². The van der Waals surface area contributed by atoms with Crippen LogP contribution in [0.2, 0.25) is 0 Å². The van der Waals surface area contributed by atoms with Crippen molar-refractivity contribution < 1.29 is 0 Å². The highest BCUT2D eigenvalue weighted by molar-refractivity contribution is 5.79. The van der Waals surface area contributed by atoms with E-state index in [0.29, 0.717) is 5.41 Å². The minimum Gasteiger partial charge on any atom is -0.355 e. The minimum absolute atomic E-state index is 0.117. The Morgan fingerprint density at radius 3 is 1.69 bits per heavy atom. The van der Waals surface area contributed by atoms with Crippen LogP contribution < -0.4 is 10.2 Å². The van der Waals surface area contributed by atoms with Gasteiger partial charge in [0, 0.05) is 28.4 Å². The van der Waals surface area contributed by atoms with Crippen LogP contribution in [0.1, 0.15) is 77.6 Å². The number of anilines is 5. The van der Waals surface area contributed by atoms with Crippen molar-refractivity contribution in [2.24, 2.45) is 5.41 Å². The Morgan fingerprint density at radius 2 is 1.15 bits per heavy atom. The summed E-state index contributed by atoms with van der Waals surface area (Å²) in [5, 5.41) is 3.77. The fourth-order valence-electron chi connectivity index (χ4n) is 5.73. The van der Waals surface area contributed by atoms with Crippen molar-refractivity contribution in [1.82, 2.24) is 0 Å². The van der Waals surface area contributed by atoms with Crippen LogP contribution in [0.4, 0.5) is 28.4 Å². The quantitative estimate of drug-likeness (QED) is 0.284. The summed E-state index contributed by atoms with van der Waals surface area (Å²) in [5.74, 6) is 0. The number of fused-ring (bicyclic) bond motifs is 1. The van der Waals surface area contributed by atoms with Crippen molar-refractivity contribution in [3.63, 3.8) is 0 Å². The highest BCUT2D eigenvalue weighted by atomic mass is 15.1. The second kappa shape index (κ2) is 9.90. The first kappa shape index (κ1) is 27.1. The molecule has 0 fully saturated rings. The third kappa shape index (κ3) is 5.91. The summed E-state index contributed by atoms with van der Waals surface area (Å²) in [6.07, 6.45) is 2.25. The molecule has 1 aliphatic rings. The molecule has 5 rings (SSSR count). The topological polar surface area (TPSA) is 15.3 Å². The Hall–Kier alpha value is -3.52. The van der Waals surface area contributed by atoms with Crippen molar-refractivity contribution in [2.45, 2.75) is 79.1 Å². The predicted octanol–water partition coefficient (Wildman–Crippen LogP) is 10.6. The molecule has 4 aromatic carbocycles. The Balaban J connectivity index is 1.53. The van der Waals surface area contributed by atoms with Crippen LogP contribution in [0.3, 0.4) is 0 Å². The van der Waals surface area contributed by atoms with Gasteiger partial charge in [0.2, 0.25) is 0 Å². The molecule has 0 radical (unpaired) electrons. The molecule has 1 aliphatic carbocycles. The number of nitrogens with one attached hydrogen (secondary N) is 1. The highest BCUT2D eigenvalue weighted by Crippen LogP contribution is 2.42. The van der Waals surface area contributed by atoms with Crippen LogP contribution >= 0.6 is 0 Å². The Kier molecular flexibility index (Phi) is 6.87. The van der Waals surface area contributed by atoms with Crippen molar-refractivity contribution in [2.75, 3.05) is 10.2 Å². The third-order valence-corrected chi connectivity index (χ3v) is 7.96. The summed E-state index contributed by atoms with van der Waals surface area (Å²) >= 11 is 0. The van der Waals surface area contributed by atoms with Crippen molar-refractivity contribution >= 4 is 28.4 Å². The van der Waals surface area contributed by atoms with Gasteiger partial charge >= 0.3 is 0 Å². The summed E-state index contributed by atoms with van der Waals surface area (Å²) in [5.41, 5.74) is 11.9. The van der Waals surface area contributed by atoms with Gasteiger partial charge < -0.3 is 10.2 Å². The summed E-state index contributed by atoms with van der Waals surface area (Å²) in [4.78, 5) is 2.36. The standard InChI is InChI=1S/C37H44N2/c1-35(2,3)27-15-19-30(20-16-27)39(31-21-17-28(18-22-31)36(4,5)6)32-13-10-12-29(23-32)38-34-14-9-11-26-24-37(7,8)25-33(26)34/h9-23,38H,24-25H2,1-8H3. The van der Waals surface area contributed by atoms with E-state index in [4.69, 9.17) is 0 Å². The van der Waals surface area contributed by atoms with Gasteiger partial charge in [0.15, 0.2) is 0 Å². The van der Waals surface area contributed by atoms with E-state index in [9.17, 15) is 0 Å². The van der Waals surface area contributed by atoms with E-state index < -0.39 is 0 Å². The lowest BCUT2D eigenvalue weighted by Crippen LogP contribution is -2.14. The van der Waals surface area contributed by atoms with Gasteiger partial charge in [-0.1, -0.05) is 97.9 Å². The maximum absolute atomic E-state index is 3.77. The Bertz CT molecular complexity index is 1390. The fraction of sp³-hybridized carbons (Fsp3) is 0.351. The molecule has 0 amide bonds. The van der Waals surface area contributed by atoms with Gasteiger partial charge in [-0.3, -0.25) is 0 Å². The first-order valence-corrected chi connectivity index (χ1v) is 14.3. The zero-order valence-electron chi connectivity index (χ0n) is 25.0. The first-order chi connectivity index (χ1) is 18.3. The van der Waals surface area contributed by atoms with Crippen LogP contribution in [0, 0.1) is 5.41 Å². The molecule has 2 nitrogen and oxygen atoms in total. The van der Waals surface area contributed by atoms with Crippen LogP contribution in [0.15, 0.2) is 91.0 Å². The zero-order valence-corrected chi connectivity index (χ0v) is 25.0. The van der Waals surface area contributed by atoms with Gasteiger partial charge in [0.25, 0.3) is 0 Å². The number of benzene rings is 4. The van der Waals surface area contributed by atoms with E-state index in [1.54, 1.807) is 0 Å². The number of rotatable bonds is 5. The summed E-state index contributed by atoms with van der Waals surface area (Å²) in [7, 11) is 0. The predicted molar refractivity (Wildman–Crippen MR) is 169 cm³/mol. The molecule has 0 atom stereocenters. The molecule has 0 spiro atoms. The van der Waals surface area contributed by atoms with Crippen LogP contribution in [-0.4, -0.2) is 0 Å². The fourth-order valence-corrected chi connectivity index (χ4v) is 5.73. The van der Waals surface area contributed by atoms with Crippen LogP contribution in [0.5, 0.6) is 0 Å². The van der Waals surface area contributed by atoms with E-state index in [-0.39, 0.29) is 10.8 Å². The zero-order chi connectivity index (χ0) is 28.0. The second-order valence-corrected chi connectivity index (χ2v) is 14.1. The maximum atomic E-state index is 3.77. The lowest BCUT2D eigenvalue weighted by atomic mass is 9.86. The molecular formula is C37H44N2. The van der Waals surface area contributed by atoms with Gasteiger partial charge in [-0.05, 0) is 99.9 Å². The molecule has 0 saturated carbocycles. The van der Waals surface area contributed by atoms with Crippen molar-refractivity contribution in [3.8, 4) is 0 Å².